The quantitative estimate of drug-likeness (QED) is 0.622. The number of halogens is 5. The summed E-state index contributed by atoms with van der Waals surface area (Å²) < 4.78 is 66.1. The molecule has 176 valence electrons. The largest absolute Gasteiger partial charge is 0.491 e. The van der Waals surface area contributed by atoms with E-state index in [2.05, 4.69) is 0 Å². The van der Waals surface area contributed by atoms with Gasteiger partial charge < -0.3 is 24.6 Å². The van der Waals surface area contributed by atoms with Gasteiger partial charge in [-0.1, -0.05) is 17.7 Å². The Bertz CT molecular complexity index is 949. The maximum absolute atomic E-state index is 15.0. The van der Waals surface area contributed by atoms with E-state index in [-0.39, 0.29) is 33.9 Å². The standard InChI is InChI=1S/C21H22ClF4NO5/c1-10(31-2)5-15(20(29)30)27-8-16-13(7-17(27)28)18-11(3-4-14(22)19(18)23)6-12(9-32-16)21(24,25)26/h3-4,7-8,10,12,15,17,28H,5-6,9H2,1-2H3,(H,29,30)/t10-,12-,15?,17?/m1/s1. The number of methoxy groups -OCH3 is 1. The predicted octanol–water partition coefficient (Wildman–Crippen LogP) is 3.97. The highest BCUT2D eigenvalue weighted by Crippen LogP contribution is 2.41. The van der Waals surface area contributed by atoms with Gasteiger partial charge in [-0.05, 0) is 31.1 Å². The summed E-state index contributed by atoms with van der Waals surface area (Å²) >= 11 is 5.88. The minimum Gasteiger partial charge on any atom is -0.491 e. The van der Waals surface area contributed by atoms with E-state index in [1.807, 2.05) is 0 Å². The van der Waals surface area contributed by atoms with E-state index in [0.717, 1.165) is 17.2 Å². The molecule has 0 amide bonds. The van der Waals surface area contributed by atoms with Crippen LogP contribution in [0.1, 0.15) is 24.5 Å². The van der Waals surface area contributed by atoms with Crippen molar-refractivity contribution in [1.82, 2.24) is 4.90 Å². The van der Waals surface area contributed by atoms with E-state index >= 15 is 0 Å². The number of aliphatic carboxylic acids is 1. The van der Waals surface area contributed by atoms with Gasteiger partial charge >= 0.3 is 12.1 Å². The monoisotopic (exact) mass is 479 g/mol. The molecule has 4 atom stereocenters. The maximum Gasteiger partial charge on any atom is 0.395 e. The highest BCUT2D eigenvalue weighted by molar-refractivity contribution is 6.31. The third kappa shape index (κ3) is 4.87. The molecule has 3 rings (SSSR count). The summed E-state index contributed by atoms with van der Waals surface area (Å²) in [4.78, 5) is 12.9. The van der Waals surface area contributed by atoms with Crippen LogP contribution in [0.15, 0.2) is 30.2 Å². The Balaban J connectivity index is 2.11. The smallest absolute Gasteiger partial charge is 0.395 e. The molecular weight excluding hydrogens is 458 g/mol. The molecule has 0 bridgehead atoms. The first kappa shape index (κ1) is 24.3. The van der Waals surface area contributed by atoms with Crippen molar-refractivity contribution in [3.8, 4) is 0 Å². The van der Waals surface area contributed by atoms with Crippen molar-refractivity contribution in [2.75, 3.05) is 13.7 Å². The van der Waals surface area contributed by atoms with Crippen LogP contribution in [0.3, 0.4) is 0 Å². The van der Waals surface area contributed by atoms with Gasteiger partial charge in [-0.25, -0.2) is 9.18 Å². The van der Waals surface area contributed by atoms with Crippen LogP contribution in [-0.4, -0.2) is 59.3 Å². The molecular formula is C21H22ClF4NO5. The average Bonchev–Trinajstić information content (AvgIpc) is 2.70. The summed E-state index contributed by atoms with van der Waals surface area (Å²) in [7, 11) is 1.39. The molecule has 0 spiro atoms. The Hall–Kier alpha value is -2.30. The number of aliphatic hydroxyl groups is 1. The first-order valence-corrected chi connectivity index (χ1v) is 10.1. The van der Waals surface area contributed by atoms with E-state index in [4.69, 9.17) is 21.1 Å². The summed E-state index contributed by atoms with van der Waals surface area (Å²) in [5, 5.41) is 20.0. The summed E-state index contributed by atoms with van der Waals surface area (Å²) in [5.41, 5.74) is -0.153. The van der Waals surface area contributed by atoms with Crippen molar-refractivity contribution in [2.24, 2.45) is 5.92 Å². The molecule has 1 aromatic rings. The highest BCUT2D eigenvalue weighted by atomic mass is 35.5. The summed E-state index contributed by atoms with van der Waals surface area (Å²) in [6.07, 6.45) is -4.93. The molecule has 11 heteroatoms. The minimum atomic E-state index is -4.61. The van der Waals surface area contributed by atoms with E-state index < -0.39 is 55.3 Å². The molecule has 0 saturated carbocycles. The second-order valence-electron chi connectivity index (χ2n) is 7.72. The number of hydrogen-bond donors (Lipinski definition) is 2. The van der Waals surface area contributed by atoms with Gasteiger partial charge in [0, 0.05) is 30.9 Å². The molecule has 2 heterocycles. The van der Waals surface area contributed by atoms with Gasteiger partial charge in [0.1, 0.15) is 30.5 Å². The number of benzene rings is 1. The number of carbonyl (C=O) groups is 1. The van der Waals surface area contributed by atoms with Crippen LogP contribution in [0.25, 0.3) is 5.57 Å². The number of allylic oxidation sites excluding steroid dienone is 1. The molecule has 0 fully saturated rings. The highest BCUT2D eigenvalue weighted by Gasteiger charge is 2.43. The van der Waals surface area contributed by atoms with E-state index in [9.17, 15) is 32.6 Å². The number of ether oxygens (including phenoxy) is 2. The van der Waals surface area contributed by atoms with Crippen molar-refractivity contribution in [1.29, 1.82) is 0 Å². The van der Waals surface area contributed by atoms with Gasteiger partial charge in [0.15, 0.2) is 0 Å². The number of aliphatic hydroxyl groups excluding tert-OH is 1. The predicted molar refractivity (Wildman–Crippen MR) is 107 cm³/mol. The zero-order chi connectivity index (χ0) is 23.8. The van der Waals surface area contributed by atoms with Gasteiger partial charge in [-0.2, -0.15) is 13.2 Å². The molecule has 2 aliphatic rings. The Labute approximate surface area is 186 Å². The number of carboxylic acid groups (broad SMARTS) is 1. The lowest BCUT2D eigenvalue weighted by atomic mass is 9.88. The summed E-state index contributed by atoms with van der Waals surface area (Å²) in [5.74, 6) is -4.34. The van der Waals surface area contributed by atoms with Crippen molar-refractivity contribution < 1.29 is 42.0 Å². The van der Waals surface area contributed by atoms with Gasteiger partial charge in [0.05, 0.1) is 17.0 Å². The van der Waals surface area contributed by atoms with E-state index in [1.54, 1.807) is 6.92 Å². The fourth-order valence-corrected chi connectivity index (χ4v) is 3.89. The zero-order valence-electron chi connectivity index (χ0n) is 17.2. The molecule has 0 aromatic heterocycles. The van der Waals surface area contributed by atoms with Crippen LogP contribution in [0.2, 0.25) is 5.02 Å². The zero-order valence-corrected chi connectivity index (χ0v) is 18.0. The third-order valence-corrected chi connectivity index (χ3v) is 5.87. The lowest BCUT2D eigenvalue weighted by Crippen LogP contribution is -2.47. The molecule has 1 aromatic carbocycles. The Morgan fingerprint density at radius 1 is 1.41 bits per heavy atom. The first-order valence-electron chi connectivity index (χ1n) is 9.75. The first-order chi connectivity index (χ1) is 14.9. The van der Waals surface area contributed by atoms with E-state index in [1.165, 1.54) is 19.2 Å². The van der Waals surface area contributed by atoms with Crippen LogP contribution >= 0.6 is 11.6 Å². The van der Waals surface area contributed by atoms with Crippen LogP contribution < -0.4 is 0 Å². The Morgan fingerprint density at radius 3 is 2.69 bits per heavy atom. The lowest BCUT2D eigenvalue weighted by molar-refractivity contribution is -0.185. The second-order valence-corrected chi connectivity index (χ2v) is 8.13. The number of fused-ring (bicyclic) bond motifs is 3. The van der Waals surface area contributed by atoms with E-state index in [0.29, 0.717) is 0 Å². The molecule has 0 aliphatic carbocycles. The second kappa shape index (κ2) is 9.29. The molecule has 6 nitrogen and oxygen atoms in total. The van der Waals surface area contributed by atoms with Crippen LogP contribution in [0, 0.1) is 11.7 Å². The SMILES string of the molecule is CO[C@H](C)CC(C(=O)O)N1C=C2OC[C@H](C(F)(F)F)Cc3ccc(Cl)c(F)c3C2=CC1O. The fourth-order valence-electron chi connectivity index (χ4n) is 3.73. The normalized spacial score (nSPS) is 22.9. The number of alkyl halides is 3. The van der Waals surface area contributed by atoms with Crippen LogP contribution in [0.4, 0.5) is 17.6 Å². The number of hydrogen-bond acceptors (Lipinski definition) is 5. The number of carboxylic acids is 1. The Morgan fingerprint density at radius 2 is 2.09 bits per heavy atom. The average molecular weight is 480 g/mol. The third-order valence-electron chi connectivity index (χ3n) is 5.58. The number of rotatable bonds is 5. The number of nitrogens with zero attached hydrogens (tertiary/aromatic N) is 1. The molecule has 2 N–H and O–H groups in total. The lowest BCUT2D eigenvalue weighted by Gasteiger charge is -2.37. The van der Waals surface area contributed by atoms with Crippen molar-refractivity contribution in [2.45, 2.75) is 44.3 Å². The molecule has 0 radical (unpaired) electrons. The van der Waals surface area contributed by atoms with Gasteiger partial charge in [0.25, 0.3) is 0 Å². The van der Waals surface area contributed by atoms with Crippen molar-refractivity contribution in [3.63, 3.8) is 0 Å². The Kier molecular flexibility index (Phi) is 7.06. The summed E-state index contributed by atoms with van der Waals surface area (Å²) in [6.45, 7) is 0.876. The maximum atomic E-state index is 15.0. The van der Waals surface area contributed by atoms with Crippen molar-refractivity contribution >= 4 is 23.1 Å². The summed E-state index contributed by atoms with van der Waals surface area (Å²) in [6, 6.07) is 1.21. The van der Waals surface area contributed by atoms with Crippen molar-refractivity contribution in [3.05, 3.63) is 52.1 Å². The van der Waals surface area contributed by atoms with Crippen LogP contribution in [0.5, 0.6) is 0 Å². The topological polar surface area (TPSA) is 79.2 Å². The van der Waals surface area contributed by atoms with Gasteiger partial charge in [-0.3, -0.25) is 0 Å². The van der Waals surface area contributed by atoms with Gasteiger partial charge in [-0.15, -0.1) is 0 Å². The van der Waals surface area contributed by atoms with Crippen LogP contribution in [-0.2, 0) is 20.7 Å². The van der Waals surface area contributed by atoms with Gasteiger partial charge in [0.2, 0.25) is 0 Å². The molecule has 2 unspecified atom stereocenters. The molecule has 32 heavy (non-hydrogen) atoms. The molecule has 2 aliphatic heterocycles. The molecule has 0 saturated heterocycles. The fraction of sp³-hybridized carbons (Fsp3) is 0.476. The minimum absolute atomic E-state index is 0.00769.